The average Bonchev–Trinajstić information content (AvgIpc) is 2.63. The molecule has 1 atom stereocenters. The predicted octanol–water partition coefficient (Wildman–Crippen LogP) is 0.763. The van der Waals surface area contributed by atoms with Crippen LogP contribution in [-0.4, -0.2) is 27.5 Å². The van der Waals surface area contributed by atoms with Gasteiger partial charge in [0, 0.05) is 30.9 Å². The second-order valence-electron chi connectivity index (χ2n) is 3.58. The summed E-state index contributed by atoms with van der Waals surface area (Å²) in [5.74, 6) is 0. The molecule has 0 amide bonds. The lowest BCUT2D eigenvalue weighted by Crippen LogP contribution is -2.28. The summed E-state index contributed by atoms with van der Waals surface area (Å²) >= 11 is 0. The summed E-state index contributed by atoms with van der Waals surface area (Å²) in [6, 6.07) is 0.143. The van der Waals surface area contributed by atoms with Gasteiger partial charge in [-0.2, -0.15) is 5.10 Å². The molecule has 2 N–H and O–H groups in total. The van der Waals surface area contributed by atoms with Crippen molar-refractivity contribution >= 4 is 0 Å². The average molecular weight is 197 g/mol. The normalized spacial score (nSPS) is 13.1. The third kappa shape index (κ3) is 3.47. The van der Waals surface area contributed by atoms with Crippen LogP contribution in [0.4, 0.5) is 0 Å². The smallest absolute Gasteiger partial charge is 0.0582 e. The Kier molecular flexibility index (Phi) is 4.62. The Balaban J connectivity index is 2.35. The highest BCUT2D eigenvalue weighted by Crippen LogP contribution is 1.98. The van der Waals surface area contributed by atoms with Crippen molar-refractivity contribution in [3.8, 4) is 0 Å². The fourth-order valence-corrected chi connectivity index (χ4v) is 1.21. The van der Waals surface area contributed by atoms with E-state index >= 15 is 0 Å². The van der Waals surface area contributed by atoms with Crippen molar-refractivity contribution in [3.05, 3.63) is 18.0 Å². The van der Waals surface area contributed by atoms with Crippen molar-refractivity contribution in [2.45, 2.75) is 39.4 Å². The maximum Gasteiger partial charge on any atom is 0.0582 e. The molecule has 1 aromatic rings. The first-order chi connectivity index (χ1) is 6.76. The van der Waals surface area contributed by atoms with E-state index in [1.807, 2.05) is 24.0 Å². The third-order valence-electron chi connectivity index (χ3n) is 2.07. The Hall–Kier alpha value is -0.870. The van der Waals surface area contributed by atoms with E-state index in [0.717, 1.165) is 19.5 Å². The molecule has 1 heterocycles. The lowest BCUT2D eigenvalue weighted by atomic mass is 10.3. The number of aliphatic hydroxyl groups is 1. The molecule has 0 saturated heterocycles. The van der Waals surface area contributed by atoms with Crippen LogP contribution in [-0.2, 0) is 13.1 Å². The number of hydrogen-bond acceptors (Lipinski definition) is 3. The van der Waals surface area contributed by atoms with Gasteiger partial charge in [0.15, 0.2) is 0 Å². The van der Waals surface area contributed by atoms with Gasteiger partial charge in [-0.05, 0) is 13.3 Å². The fraction of sp³-hybridized carbons (Fsp3) is 0.700. The molecule has 0 fully saturated rings. The summed E-state index contributed by atoms with van der Waals surface area (Å²) < 4.78 is 1.95. The molecular weight excluding hydrogens is 178 g/mol. The quantitative estimate of drug-likeness (QED) is 0.708. The molecule has 4 nitrogen and oxygen atoms in total. The zero-order valence-electron chi connectivity index (χ0n) is 8.90. The monoisotopic (exact) mass is 197 g/mol. The van der Waals surface area contributed by atoms with Crippen LogP contribution in [0.3, 0.4) is 0 Å². The van der Waals surface area contributed by atoms with Gasteiger partial charge in [-0.25, -0.2) is 0 Å². The van der Waals surface area contributed by atoms with E-state index in [4.69, 9.17) is 5.11 Å². The molecule has 0 spiro atoms. The van der Waals surface area contributed by atoms with E-state index in [1.165, 1.54) is 5.56 Å². The molecule has 0 aromatic carbocycles. The molecule has 0 saturated carbocycles. The van der Waals surface area contributed by atoms with Gasteiger partial charge in [0.25, 0.3) is 0 Å². The number of aromatic nitrogens is 2. The van der Waals surface area contributed by atoms with Crippen LogP contribution in [0.2, 0.25) is 0 Å². The Morgan fingerprint density at radius 3 is 3.07 bits per heavy atom. The molecule has 0 aliphatic rings. The standard InChI is InChI=1S/C10H19N3O/c1-3-4-13-7-10(6-12-13)5-11-9(2)8-14/h6-7,9,11,14H,3-5,8H2,1-2H3. The summed E-state index contributed by atoms with van der Waals surface area (Å²) in [4.78, 5) is 0. The highest BCUT2D eigenvalue weighted by Gasteiger charge is 2.01. The Morgan fingerprint density at radius 2 is 2.43 bits per heavy atom. The first-order valence-corrected chi connectivity index (χ1v) is 5.11. The summed E-state index contributed by atoms with van der Waals surface area (Å²) in [5, 5.41) is 16.2. The van der Waals surface area contributed by atoms with Crippen LogP contribution >= 0.6 is 0 Å². The molecule has 0 bridgehead atoms. The van der Waals surface area contributed by atoms with Crippen molar-refractivity contribution in [1.82, 2.24) is 15.1 Å². The first-order valence-electron chi connectivity index (χ1n) is 5.11. The van der Waals surface area contributed by atoms with Crippen LogP contribution in [0.1, 0.15) is 25.8 Å². The maximum atomic E-state index is 8.82. The lowest BCUT2D eigenvalue weighted by molar-refractivity contribution is 0.251. The largest absolute Gasteiger partial charge is 0.395 e. The van der Waals surface area contributed by atoms with Crippen LogP contribution in [0.25, 0.3) is 0 Å². The Bertz CT molecular complexity index is 260. The second-order valence-corrected chi connectivity index (χ2v) is 3.58. The van der Waals surface area contributed by atoms with E-state index < -0.39 is 0 Å². The molecule has 1 aromatic heterocycles. The highest BCUT2D eigenvalue weighted by atomic mass is 16.3. The summed E-state index contributed by atoms with van der Waals surface area (Å²) in [6.07, 6.45) is 5.01. The molecule has 80 valence electrons. The molecule has 4 heteroatoms. The van der Waals surface area contributed by atoms with Crippen molar-refractivity contribution in [2.24, 2.45) is 0 Å². The third-order valence-corrected chi connectivity index (χ3v) is 2.07. The summed E-state index contributed by atoms with van der Waals surface area (Å²) in [6.45, 7) is 5.99. The summed E-state index contributed by atoms with van der Waals surface area (Å²) in [7, 11) is 0. The molecule has 1 rings (SSSR count). The SMILES string of the molecule is CCCn1cc(CNC(C)CO)cn1. The zero-order chi connectivity index (χ0) is 10.4. The second kappa shape index (κ2) is 5.78. The highest BCUT2D eigenvalue weighted by molar-refractivity contribution is 5.03. The van der Waals surface area contributed by atoms with Gasteiger partial charge in [-0.3, -0.25) is 4.68 Å². The number of aryl methyl sites for hydroxylation is 1. The maximum absolute atomic E-state index is 8.82. The number of rotatable bonds is 6. The minimum Gasteiger partial charge on any atom is -0.395 e. The first kappa shape index (κ1) is 11.2. The van der Waals surface area contributed by atoms with Crippen molar-refractivity contribution in [1.29, 1.82) is 0 Å². The topological polar surface area (TPSA) is 50.1 Å². The van der Waals surface area contributed by atoms with E-state index in [2.05, 4.69) is 17.3 Å². The molecule has 0 aliphatic carbocycles. The number of hydrogen-bond donors (Lipinski definition) is 2. The van der Waals surface area contributed by atoms with Crippen LogP contribution in [0.5, 0.6) is 0 Å². The van der Waals surface area contributed by atoms with E-state index in [-0.39, 0.29) is 12.6 Å². The summed E-state index contributed by atoms with van der Waals surface area (Å²) in [5.41, 5.74) is 1.17. The Labute approximate surface area is 84.9 Å². The van der Waals surface area contributed by atoms with Crippen molar-refractivity contribution in [2.75, 3.05) is 6.61 Å². The number of nitrogens with zero attached hydrogens (tertiary/aromatic N) is 2. The molecular formula is C10H19N3O. The van der Waals surface area contributed by atoms with Crippen LogP contribution < -0.4 is 5.32 Å². The fourth-order valence-electron chi connectivity index (χ4n) is 1.21. The zero-order valence-corrected chi connectivity index (χ0v) is 8.90. The van der Waals surface area contributed by atoms with Gasteiger partial charge in [0.05, 0.1) is 12.8 Å². The van der Waals surface area contributed by atoms with Gasteiger partial charge in [-0.15, -0.1) is 0 Å². The minimum absolute atomic E-state index is 0.143. The lowest BCUT2D eigenvalue weighted by Gasteiger charge is -2.08. The predicted molar refractivity (Wildman–Crippen MR) is 55.9 cm³/mol. The van der Waals surface area contributed by atoms with Gasteiger partial charge >= 0.3 is 0 Å². The Morgan fingerprint density at radius 1 is 1.64 bits per heavy atom. The minimum atomic E-state index is 0.143. The van der Waals surface area contributed by atoms with Gasteiger partial charge in [0.2, 0.25) is 0 Å². The number of aliphatic hydroxyl groups excluding tert-OH is 1. The molecule has 1 unspecified atom stereocenters. The van der Waals surface area contributed by atoms with E-state index in [0.29, 0.717) is 0 Å². The van der Waals surface area contributed by atoms with Crippen molar-refractivity contribution in [3.63, 3.8) is 0 Å². The van der Waals surface area contributed by atoms with E-state index in [9.17, 15) is 0 Å². The molecule has 0 aliphatic heterocycles. The van der Waals surface area contributed by atoms with Gasteiger partial charge in [0.1, 0.15) is 0 Å². The number of nitrogens with one attached hydrogen (secondary N) is 1. The van der Waals surface area contributed by atoms with Gasteiger partial charge in [-0.1, -0.05) is 6.92 Å². The van der Waals surface area contributed by atoms with Crippen LogP contribution in [0, 0.1) is 0 Å². The molecule has 0 radical (unpaired) electrons. The molecule has 14 heavy (non-hydrogen) atoms. The van der Waals surface area contributed by atoms with Gasteiger partial charge < -0.3 is 10.4 Å². The van der Waals surface area contributed by atoms with Crippen molar-refractivity contribution < 1.29 is 5.11 Å². The van der Waals surface area contributed by atoms with E-state index in [1.54, 1.807) is 0 Å². The van der Waals surface area contributed by atoms with Crippen LogP contribution in [0.15, 0.2) is 12.4 Å².